The number of urea groups is 1. The zero-order valence-electron chi connectivity index (χ0n) is 10.3. The Hall–Kier alpha value is -1.60. The predicted octanol–water partition coefficient (Wildman–Crippen LogP) is 0.542. The molecule has 1 aromatic rings. The van der Waals surface area contributed by atoms with Gasteiger partial charge in [-0.3, -0.25) is 0 Å². The number of rotatable bonds is 4. The Morgan fingerprint density at radius 3 is 2.61 bits per heavy atom. The number of nitrogens with one attached hydrogen (secondary N) is 2. The smallest absolute Gasteiger partial charge is 0.328 e. The van der Waals surface area contributed by atoms with Crippen molar-refractivity contribution >= 4 is 16.1 Å². The number of hydrogen-bond donors (Lipinski definition) is 3. The molecule has 0 radical (unpaired) electrons. The molecule has 0 spiro atoms. The molecule has 18 heavy (non-hydrogen) atoms. The molecule has 0 bridgehead atoms. The van der Waals surface area contributed by atoms with Gasteiger partial charge in [0.1, 0.15) is 0 Å². The van der Waals surface area contributed by atoms with Crippen LogP contribution in [0.4, 0.5) is 4.79 Å². The average Bonchev–Trinajstić information content (AvgIpc) is 2.27. The minimum absolute atomic E-state index is 0.0179. The molecule has 0 aliphatic heterocycles. The zero-order valence-corrected chi connectivity index (χ0v) is 11.1. The fourth-order valence-electron chi connectivity index (χ4n) is 1.31. The van der Waals surface area contributed by atoms with E-state index in [-0.39, 0.29) is 17.5 Å². The first-order valence-corrected chi connectivity index (χ1v) is 6.96. The van der Waals surface area contributed by atoms with E-state index >= 15 is 0 Å². The number of sulfonamides is 1. The Kier molecular flexibility index (Phi) is 4.69. The molecule has 1 aromatic carbocycles. The van der Waals surface area contributed by atoms with Crippen LogP contribution in [-0.2, 0) is 16.6 Å². The average molecular weight is 271 g/mol. The van der Waals surface area contributed by atoms with Crippen molar-refractivity contribution in [1.29, 1.82) is 0 Å². The molecular weight excluding hydrogens is 254 g/mol. The first-order chi connectivity index (χ1) is 8.35. The molecule has 100 valence electrons. The summed E-state index contributed by atoms with van der Waals surface area (Å²) in [6, 6.07) is 5.25. The summed E-state index contributed by atoms with van der Waals surface area (Å²) in [6.07, 6.45) is 0. The third kappa shape index (κ3) is 4.01. The highest BCUT2D eigenvalue weighted by Crippen LogP contribution is 2.10. The SMILES string of the molecule is CC(C)NC(=O)NS(=O)(=O)c1cccc(CN)c1. The molecule has 0 aliphatic carbocycles. The van der Waals surface area contributed by atoms with Crippen LogP contribution in [0.1, 0.15) is 19.4 Å². The molecule has 0 aliphatic rings. The van der Waals surface area contributed by atoms with E-state index in [4.69, 9.17) is 5.73 Å². The first-order valence-electron chi connectivity index (χ1n) is 5.47. The summed E-state index contributed by atoms with van der Waals surface area (Å²) in [5, 5.41) is 2.44. The van der Waals surface area contributed by atoms with Gasteiger partial charge in [-0.05, 0) is 31.5 Å². The number of hydrogen-bond acceptors (Lipinski definition) is 4. The Labute approximate surface area is 107 Å². The molecular formula is C11H17N3O3S. The normalized spacial score (nSPS) is 11.3. The number of carbonyl (C=O) groups excluding carboxylic acids is 1. The summed E-state index contributed by atoms with van der Waals surface area (Å²) in [6.45, 7) is 3.71. The standard InChI is InChI=1S/C11H17N3O3S/c1-8(2)13-11(15)14-18(16,17)10-5-3-4-9(6-10)7-12/h3-6,8H,7,12H2,1-2H3,(H2,13,14,15). The van der Waals surface area contributed by atoms with Crippen LogP contribution in [0.5, 0.6) is 0 Å². The van der Waals surface area contributed by atoms with Crippen molar-refractivity contribution < 1.29 is 13.2 Å². The van der Waals surface area contributed by atoms with Crippen molar-refractivity contribution in [2.45, 2.75) is 31.3 Å². The molecule has 6 nitrogen and oxygen atoms in total. The van der Waals surface area contributed by atoms with Crippen LogP contribution in [-0.4, -0.2) is 20.5 Å². The van der Waals surface area contributed by atoms with Crippen molar-refractivity contribution in [3.8, 4) is 0 Å². The molecule has 0 saturated heterocycles. The summed E-state index contributed by atoms with van der Waals surface area (Å²) >= 11 is 0. The second kappa shape index (κ2) is 5.83. The van der Waals surface area contributed by atoms with E-state index in [1.165, 1.54) is 12.1 Å². The van der Waals surface area contributed by atoms with Crippen LogP contribution in [0.2, 0.25) is 0 Å². The number of nitrogens with two attached hydrogens (primary N) is 1. The second-order valence-electron chi connectivity index (χ2n) is 4.09. The summed E-state index contributed by atoms with van der Waals surface area (Å²) in [4.78, 5) is 11.4. The molecule has 1 rings (SSSR count). The quantitative estimate of drug-likeness (QED) is 0.744. The maximum absolute atomic E-state index is 11.9. The number of carbonyl (C=O) groups is 1. The van der Waals surface area contributed by atoms with Gasteiger partial charge >= 0.3 is 6.03 Å². The zero-order chi connectivity index (χ0) is 13.8. The fourth-order valence-corrected chi connectivity index (χ4v) is 2.30. The van der Waals surface area contributed by atoms with Crippen LogP contribution in [0.3, 0.4) is 0 Å². The summed E-state index contributed by atoms with van der Waals surface area (Å²) in [7, 11) is -3.86. The molecule has 0 heterocycles. The Morgan fingerprint density at radius 1 is 1.39 bits per heavy atom. The minimum atomic E-state index is -3.86. The Balaban J connectivity index is 2.89. The Bertz CT molecular complexity index is 526. The second-order valence-corrected chi connectivity index (χ2v) is 5.77. The monoisotopic (exact) mass is 271 g/mol. The Morgan fingerprint density at radius 2 is 2.06 bits per heavy atom. The van der Waals surface area contributed by atoms with Crippen LogP contribution >= 0.6 is 0 Å². The van der Waals surface area contributed by atoms with Crippen LogP contribution in [0.25, 0.3) is 0 Å². The lowest BCUT2D eigenvalue weighted by Crippen LogP contribution is -2.42. The molecule has 0 saturated carbocycles. The number of benzene rings is 1. The fraction of sp³-hybridized carbons (Fsp3) is 0.364. The van der Waals surface area contributed by atoms with E-state index in [9.17, 15) is 13.2 Å². The van der Waals surface area contributed by atoms with Gasteiger partial charge in [-0.2, -0.15) is 0 Å². The van der Waals surface area contributed by atoms with Gasteiger partial charge in [0.2, 0.25) is 0 Å². The highest BCUT2D eigenvalue weighted by Gasteiger charge is 2.17. The lowest BCUT2D eigenvalue weighted by molar-refractivity contribution is 0.243. The molecule has 4 N–H and O–H groups in total. The summed E-state index contributed by atoms with van der Waals surface area (Å²) in [5.74, 6) is 0. The lowest BCUT2D eigenvalue weighted by atomic mass is 10.2. The van der Waals surface area contributed by atoms with Gasteiger partial charge in [0.15, 0.2) is 0 Å². The maximum atomic E-state index is 11.9. The summed E-state index contributed by atoms with van der Waals surface area (Å²) in [5.41, 5.74) is 6.12. The molecule has 7 heteroatoms. The third-order valence-corrected chi connectivity index (χ3v) is 3.42. The van der Waals surface area contributed by atoms with Gasteiger partial charge in [-0.1, -0.05) is 12.1 Å². The van der Waals surface area contributed by atoms with E-state index < -0.39 is 16.1 Å². The van der Waals surface area contributed by atoms with Gasteiger partial charge in [0.05, 0.1) is 4.90 Å². The predicted molar refractivity (Wildman–Crippen MR) is 68.3 cm³/mol. The molecule has 2 amide bonds. The molecule has 0 atom stereocenters. The van der Waals surface area contributed by atoms with Crippen molar-refractivity contribution in [2.24, 2.45) is 5.73 Å². The van der Waals surface area contributed by atoms with Gasteiger partial charge in [-0.15, -0.1) is 0 Å². The van der Waals surface area contributed by atoms with Crippen LogP contribution in [0, 0.1) is 0 Å². The molecule has 0 fully saturated rings. The van der Waals surface area contributed by atoms with Crippen molar-refractivity contribution in [1.82, 2.24) is 10.0 Å². The lowest BCUT2D eigenvalue weighted by Gasteiger charge is -2.11. The summed E-state index contributed by atoms with van der Waals surface area (Å²) < 4.78 is 25.7. The topological polar surface area (TPSA) is 101 Å². The van der Waals surface area contributed by atoms with Gasteiger partial charge < -0.3 is 11.1 Å². The minimum Gasteiger partial charge on any atom is -0.335 e. The van der Waals surface area contributed by atoms with Gasteiger partial charge in [0, 0.05) is 12.6 Å². The van der Waals surface area contributed by atoms with Crippen LogP contribution < -0.4 is 15.8 Å². The van der Waals surface area contributed by atoms with E-state index in [1.54, 1.807) is 26.0 Å². The van der Waals surface area contributed by atoms with Crippen molar-refractivity contribution in [3.05, 3.63) is 29.8 Å². The van der Waals surface area contributed by atoms with Gasteiger partial charge in [0.25, 0.3) is 10.0 Å². The molecule has 0 aromatic heterocycles. The van der Waals surface area contributed by atoms with Gasteiger partial charge in [-0.25, -0.2) is 17.9 Å². The third-order valence-electron chi connectivity index (χ3n) is 2.09. The van der Waals surface area contributed by atoms with E-state index in [0.29, 0.717) is 5.56 Å². The van der Waals surface area contributed by atoms with Crippen molar-refractivity contribution in [2.75, 3.05) is 0 Å². The maximum Gasteiger partial charge on any atom is 0.328 e. The largest absolute Gasteiger partial charge is 0.335 e. The van der Waals surface area contributed by atoms with E-state index in [0.717, 1.165) is 0 Å². The molecule has 0 unspecified atom stereocenters. The highest BCUT2D eigenvalue weighted by atomic mass is 32.2. The van der Waals surface area contributed by atoms with E-state index in [1.807, 2.05) is 4.72 Å². The van der Waals surface area contributed by atoms with Crippen molar-refractivity contribution in [3.63, 3.8) is 0 Å². The van der Waals surface area contributed by atoms with E-state index in [2.05, 4.69) is 5.32 Å². The van der Waals surface area contributed by atoms with Crippen LogP contribution in [0.15, 0.2) is 29.2 Å². The first kappa shape index (κ1) is 14.5. The highest BCUT2D eigenvalue weighted by molar-refractivity contribution is 7.90. The number of amides is 2.